The highest BCUT2D eigenvalue weighted by Crippen LogP contribution is 2.34. The summed E-state index contributed by atoms with van der Waals surface area (Å²) in [5, 5.41) is 12.0. The zero-order valence-corrected chi connectivity index (χ0v) is 17.6. The molecule has 3 heterocycles. The quantitative estimate of drug-likeness (QED) is 0.404. The number of rotatable bonds is 4. The predicted octanol–water partition coefficient (Wildman–Crippen LogP) is 5.56. The zero-order chi connectivity index (χ0) is 19.8. The number of pyridine rings is 1. The minimum absolute atomic E-state index is 0.271. The van der Waals surface area contributed by atoms with Gasteiger partial charge < -0.3 is 4.90 Å². The molecular weight excluding hydrogens is 441 g/mol. The number of anilines is 2. The smallest absolute Gasteiger partial charge is 0.191 e. The van der Waals surface area contributed by atoms with Crippen molar-refractivity contribution in [2.24, 2.45) is 0 Å². The number of thiazole rings is 1. The minimum atomic E-state index is -0.434. The van der Waals surface area contributed by atoms with E-state index in [1.165, 1.54) is 23.5 Å². The van der Waals surface area contributed by atoms with E-state index >= 15 is 0 Å². The number of aryl methyl sites for hydroxylation is 1. The standard InChI is InChI=1S/C20H15BrFN5S/c1-3-16-19(27-10-13(21)4-7-18(27)24-16)26(2)20-25-17(11-28-20)15-6-5-14(22)8-12(15)9-23/h4-8,10-11H,3H2,1-2H3. The molecule has 8 heteroatoms. The van der Waals surface area contributed by atoms with Crippen LogP contribution in [0.4, 0.5) is 15.3 Å². The predicted molar refractivity (Wildman–Crippen MR) is 113 cm³/mol. The van der Waals surface area contributed by atoms with Crippen molar-refractivity contribution in [1.82, 2.24) is 14.4 Å². The molecule has 0 amide bonds. The molecule has 3 aromatic heterocycles. The number of imidazole rings is 1. The molecule has 0 unspecified atom stereocenters. The van der Waals surface area contributed by atoms with E-state index in [0.717, 1.165) is 33.2 Å². The summed E-state index contributed by atoms with van der Waals surface area (Å²) >= 11 is 4.98. The van der Waals surface area contributed by atoms with Crippen LogP contribution in [0.5, 0.6) is 0 Å². The lowest BCUT2D eigenvalue weighted by atomic mass is 10.1. The van der Waals surface area contributed by atoms with Gasteiger partial charge in [0.05, 0.1) is 23.0 Å². The van der Waals surface area contributed by atoms with Crippen LogP contribution < -0.4 is 4.90 Å². The molecule has 28 heavy (non-hydrogen) atoms. The summed E-state index contributed by atoms with van der Waals surface area (Å²) in [7, 11) is 1.95. The molecule has 5 nitrogen and oxygen atoms in total. The first kappa shape index (κ1) is 18.6. The van der Waals surface area contributed by atoms with Gasteiger partial charge in [-0.15, -0.1) is 11.3 Å². The molecule has 1 aromatic carbocycles. The molecule has 0 atom stereocenters. The monoisotopic (exact) mass is 455 g/mol. The third kappa shape index (κ3) is 3.17. The van der Waals surface area contributed by atoms with Gasteiger partial charge in [0.25, 0.3) is 0 Å². The highest BCUT2D eigenvalue weighted by Gasteiger charge is 2.19. The first-order valence-corrected chi connectivity index (χ1v) is 10.2. The van der Waals surface area contributed by atoms with E-state index in [0.29, 0.717) is 11.3 Å². The summed E-state index contributed by atoms with van der Waals surface area (Å²) in [6, 6.07) is 10.1. The molecular formula is C20H15BrFN5S. The van der Waals surface area contributed by atoms with Crippen LogP contribution in [0.25, 0.3) is 16.9 Å². The van der Waals surface area contributed by atoms with Crippen LogP contribution in [0.15, 0.2) is 46.4 Å². The number of benzene rings is 1. The van der Waals surface area contributed by atoms with Gasteiger partial charge >= 0.3 is 0 Å². The molecule has 140 valence electrons. The van der Waals surface area contributed by atoms with Gasteiger partial charge in [0.15, 0.2) is 5.13 Å². The first-order valence-electron chi connectivity index (χ1n) is 8.57. The van der Waals surface area contributed by atoms with Crippen molar-refractivity contribution >= 4 is 43.9 Å². The van der Waals surface area contributed by atoms with Crippen molar-refractivity contribution in [2.75, 3.05) is 11.9 Å². The van der Waals surface area contributed by atoms with Gasteiger partial charge in [0.1, 0.15) is 17.3 Å². The van der Waals surface area contributed by atoms with Crippen LogP contribution in [-0.4, -0.2) is 21.4 Å². The van der Waals surface area contributed by atoms with Gasteiger partial charge in [-0.1, -0.05) is 6.92 Å². The van der Waals surface area contributed by atoms with Crippen LogP contribution in [-0.2, 0) is 6.42 Å². The topological polar surface area (TPSA) is 57.2 Å². The van der Waals surface area contributed by atoms with E-state index in [-0.39, 0.29) is 5.56 Å². The number of halogens is 2. The van der Waals surface area contributed by atoms with Crippen LogP contribution in [0, 0.1) is 17.1 Å². The van der Waals surface area contributed by atoms with Crippen LogP contribution in [0.1, 0.15) is 18.2 Å². The van der Waals surface area contributed by atoms with Crippen molar-refractivity contribution in [1.29, 1.82) is 5.26 Å². The van der Waals surface area contributed by atoms with Crippen LogP contribution in [0.2, 0.25) is 0 Å². The Balaban J connectivity index is 1.79. The summed E-state index contributed by atoms with van der Waals surface area (Å²) < 4.78 is 16.4. The van der Waals surface area contributed by atoms with Gasteiger partial charge in [-0.05, 0) is 52.7 Å². The van der Waals surface area contributed by atoms with Gasteiger partial charge in [-0.2, -0.15) is 5.26 Å². The van der Waals surface area contributed by atoms with Crippen molar-refractivity contribution in [2.45, 2.75) is 13.3 Å². The second-order valence-corrected chi connectivity index (χ2v) is 7.94. The van der Waals surface area contributed by atoms with Crippen molar-refractivity contribution in [3.05, 3.63) is 63.5 Å². The summed E-state index contributed by atoms with van der Waals surface area (Å²) in [6.07, 6.45) is 2.77. The molecule has 0 bridgehead atoms. The molecule has 0 aliphatic rings. The fraction of sp³-hybridized carbons (Fsp3) is 0.150. The van der Waals surface area contributed by atoms with E-state index in [2.05, 4.69) is 22.9 Å². The van der Waals surface area contributed by atoms with E-state index in [9.17, 15) is 9.65 Å². The second kappa shape index (κ2) is 7.34. The SMILES string of the molecule is CCc1nc2ccc(Br)cn2c1N(C)c1nc(-c2ccc(F)cc2C#N)cs1. The highest BCUT2D eigenvalue weighted by atomic mass is 79.9. The normalized spacial score (nSPS) is 11.0. The van der Waals surface area contributed by atoms with E-state index in [1.54, 1.807) is 6.07 Å². The average molecular weight is 456 g/mol. The molecule has 0 aliphatic heterocycles. The molecule has 0 aliphatic carbocycles. The Hall–Kier alpha value is -2.76. The Labute approximate surface area is 173 Å². The number of aromatic nitrogens is 3. The molecule has 0 radical (unpaired) electrons. The van der Waals surface area contributed by atoms with Crippen molar-refractivity contribution < 1.29 is 4.39 Å². The second-order valence-electron chi connectivity index (χ2n) is 6.19. The summed E-state index contributed by atoms with van der Waals surface area (Å²) in [4.78, 5) is 11.4. The molecule has 0 saturated heterocycles. The largest absolute Gasteiger partial charge is 0.305 e. The van der Waals surface area contributed by atoms with E-state index in [4.69, 9.17) is 9.97 Å². The highest BCUT2D eigenvalue weighted by molar-refractivity contribution is 9.10. The number of hydrogen-bond donors (Lipinski definition) is 0. The first-order chi connectivity index (χ1) is 13.5. The third-order valence-electron chi connectivity index (χ3n) is 4.44. The number of nitriles is 1. The number of nitrogens with zero attached hydrogens (tertiary/aromatic N) is 5. The Kier molecular flexibility index (Phi) is 4.87. The Morgan fingerprint density at radius 2 is 2.11 bits per heavy atom. The molecule has 0 saturated carbocycles. The third-order valence-corrected chi connectivity index (χ3v) is 5.82. The molecule has 0 N–H and O–H groups in total. The lowest BCUT2D eigenvalue weighted by molar-refractivity contribution is 0.627. The molecule has 0 spiro atoms. The zero-order valence-electron chi connectivity index (χ0n) is 15.1. The Morgan fingerprint density at radius 3 is 2.86 bits per heavy atom. The maximum Gasteiger partial charge on any atom is 0.191 e. The van der Waals surface area contributed by atoms with Crippen molar-refractivity contribution in [3.63, 3.8) is 0 Å². The van der Waals surface area contributed by atoms with Crippen LogP contribution >= 0.6 is 27.3 Å². The molecule has 0 fully saturated rings. The summed E-state index contributed by atoms with van der Waals surface area (Å²) in [6.45, 7) is 2.07. The molecule has 4 aromatic rings. The maximum absolute atomic E-state index is 13.4. The van der Waals surface area contributed by atoms with Gasteiger partial charge in [0.2, 0.25) is 0 Å². The lowest BCUT2D eigenvalue weighted by Gasteiger charge is -2.17. The number of hydrogen-bond acceptors (Lipinski definition) is 5. The van der Waals surface area contributed by atoms with Gasteiger partial charge in [0, 0.05) is 28.7 Å². The minimum Gasteiger partial charge on any atom is -0.305 e. The van der Waals surface area contributed by atoms with E-state index < -0.39 is 5.82 Å². The Bertz CT molecular complexity index is 1220. The lowest BCUT2D eigenvalue weighted by Crippen LogP contribution is -2.13. The van der Waals surface area contributed by atoms with Gasteiger partial charge in [-0.25, -0.2) is 14.4 Å². The fourth-order valence-electron chi connectivity index (χ4n) is 3.11. The Morgan fingerprint density at radius 1 is 1.29 bits per heavy atom. The van der Waals surface area contributed by atoms with Crippen LogP contribution in [0.3, 0.4) is 0 Å². The van der Waals surface area contributed by atoms with Gasteiger partial charge in [-0.3, -0.25) is 4.40 Å². The van der Waals surface area contributed by atoms with E-state index in [1.807, 2.05) is 46.1 Å². The summed E-state index contributed by atoms with van der Waals surface area (Å²) in [5.74, 6) is 0.510. The number of fused-ring (bicyclic) bond motifs is 1. The fourth-order valence-corrected chi connectivity index (χ4v) is 4.24. The summed E-state index contributed by atoms with van der Waals surface area (Å²) in [5.41, 5.74) is 3.38. The van der Waals surface area contributed by atoms with Crippen molar-refractivity contribution in [3.8, 4) is 17.3 Å². The molecule has 4 rings (SSSR count). The average Bonchev–Trinajstić information content (AvgIpc) is 3.31. The maximum atomic E-state index is 13.4.